The molecule has 1 heterocycles. The molecule has 1 aromatic rings. The van der Waals surface area contributed by atoms with Crippen LogP contribution in [-0.2, 0) is 4.79 Å². The molecule has 4 heteroatoms. The molecule has 0 aliphatic heterocycles. The van der Waals surface area contributed by atoms with Gasteiger partial charge in [-0.25, -0.2) is 9.97 Å². The maximum atomic E-state index is 11.4. The first-order chi connectivity index (χ1) is 7.00. The Balaban J connectivity index is 2.79. The normalized spacial score (nSPS) is 12.6. The minimum atomic E-state index is -0.216. The standard InChI is InChI=1S/C11H17N3O/c1-7(2)10(9(4)15)14-11-12-6-5-8(3)13-11/h5-7,10H,1-4H3,(H,12,13,14). The van der Waals surface area contributed by atoms with Crippen LogP contribution in [0.4, 0.5) is 5.95 Å². The minimum absolute atomic E-state index is 0.107. The largest absolute Gasteiger partial charge is 0.344 e. The zero-order valence-corrected chi connectivity index (χ0v) is 9.61. The summed E-state index contributed by atoms with van der Waals surface area (Å²) in [5, 5.41) is 3.05. The summed E-state index contributed by atoms with van der Waals surface area (Å²) in [7, 11) is 0. The van der Waals surface area contributed by atoms with Crippen molar-refractivity contribution in [3.8, 4) is 0 Å². The fourth-order valence-electron chi connectivity index (χ4n) is 1.40. The lowest BCUT2D eigenvalue weighted by atomic mass is 10.0. The van der Waals surface area contributed by atoms with Gasteiger partial charge >= 0.3 is 0 Å². The quantitative estimate of drug-likeness (QED) is 0.818. The van der Waals surface area contributed by atoms with Gasteiger partial charge in [-0.1, -0.05) is 13.8 Å². The molecule has 1 unspecified atom stereocenters. The molecule has 1 rings (SSSR count). The number of hydrogen-bond acceptors (Lipinski definition) is 4. The maximum Gasteiger partial charge on any atom is 0.223 e. The third-order valence-corrected chi connectivity index (χ3v) is 2.18. The number of ketones is 1. The lowest BCUT2D eigenvalue weighted by Gasteiger charge is -2.19. The zero-order chi connectivity index (χ0) is 11.4. The minimum Gasteiger partial charge on any atom is -0.344 e. The Hall–Kier alpha value is -1.45. The Kier molecular flexibility index (Phi) is 3.77. The second-order valence-corrected chi connectivity index (χ2v) is 4.00. The first-order valence-electron chi connectivity index (χ1n) is 5.07. The molecule has 0 radical (unpaired) electrons. The van der Waals surface area contributed by atoms with Gasteiger partial charge in [-0.3, -0.25) is 4.79 Å². The molecule has 0 saturated heterocycles. The fraction of sp³-hybridized carbons (Fsp3) is 0.545. The molecule has 1 N–H and O–H groups in total. The van der Waals surface area contributed by atoms with E-state index < -0.39 is 0 Å². The molecule has 0 bridgehead atoms. The number of rotatable bonds is 4. The molecule has 15 heavy (non-hydrogen) atoms. The third kappa shape index (κ3) is 3.31. The lowest BCUT2D eigenvalue weighted by molar-refractivity contribution is -0.118. The number of carbonyl (C=O) groups is 1. The number of anilines is 1. The first-order valence-corrected chi connectivity index (χ1v) is 5.07. The van der Waals surface area contributed by atoms with E-state index in [0.717, 1.165) is 5.69 Å². The average Bonchev–Trinajstić information content (AvgIpc) is 2.13. The number of Topliss-reactive ketones (excluding diaryl/α,β-unsaturated/α-hetero) is 1. The molecule has 0 amide bonds. The van der Waals surface area contributed by atoms with Gasteiger partial charge in [-0.15, -0.1) is 0 Å². The summed E-state index contributed by atoms with van der Waals surface area (Å²) in [6.07, 6.45) is 1.68. The number of hydrogen-bond donors (Lipinski definition) is 1. The SMILES string of the molecule is CC(=O)C(Nc1nccc(C)n1)C(C)C. The number of nitrogens with zero attached hydrogens (tertiary/aromatic N) is 2. The molecule has 0 fully saturated rings. The molecule has 0 saturated carbocycles. The smallest absolute Gasteiger partial charge is 0.223 e. The Bertz CT molecular complexity index is 349. The van der Waals surface area contributed by atoms with E-state index in [1.54, 1.807) is 13.1 Å². The van der Waals surface area contributed by atoms with E-state index in [1.165, 1.54) is 0 Å². The van der Waals surface area contributed by atoms with Gasteiger partial charge in [-0.05, 0) is 25.8 Å². The van der Waals surface area contributed by atoms with Crippen molar-refractivity contribution in [1.82, 2.24) is 9.97 Å². The second-order valence-electron chi connectivity index (χ2n) is 4.00. The van der Waals surface area contributed by atoms with Crippen molar-refractivity contribution >= 4 is 11.7 Å². The third-order valence-electron chi connectivity index (χ3n) is 2.18. The molecule has 4 nitrogen and oxygen atoms in total. The highest BCUT2D eigenvalue weighted by molar-refractivity contribution is 5.84. The Labute approximate surface area is 90.1 Å². The highest BCUT2D eigenvalue weighted by Crippen LogP contribution is 2.09. The van der Waals surface area contributed by atoms with Gasteiger partial charge in [0.1, 0.15) is 0 Å². The van der Waals surface area contributed by atoms with E-state index in [9.17, 15) is 4.79 Å². The van der Waals surface area contributed by atoms with Crippen molar-refractivity contribution in [3.05, 3.63) is 18.0 Å². The van der Waals surface area contributed by atoms with Gasteiger partial charge in [0.25, 0.3) is 0 Å². The molecule has 82 valence electrons. The van der Waals surface area contributed by atoms with Crippen LogP contribution >= 0.6 is 0 Å². The molecule has 1 atom stereocenters. The molecule has 1 aromatic heterocycles. The van der Waals surface area contributed by atoms with E-state index in [2.05, 4.69) is 15.3 Å². The molecule has 0 aliphatic rings. The average molecular weight is 207 g/mol. The topological polar surface area (TPSA) is 54.9 Å². The van der Waals surface area contributed by atoms with Crippen LogP contribution in [0.5, 0.6) is 0 Å². The summed E-state index contributed by atoms with van der Waals surface area (Å²) in [4.78, 5) is 19.6. The van der Waals surface area contributed by atoms with Crippen molar-refractivity contribution in [1.29, 1.82) is 0 Å². The van der Waals surface area contributed by atoms with Crippen LogP contribution in [0.25, 0.3) is 0 Å². The molecule has 0 spiro atoms. The van der Waals surface area contributed by atoms with E-state index in [1.807, 2.05) is 26.8 Å². The number of carbonyl (C=O) groups excluding carboxylic acids is 1. The molecular weight excluding hydrogens is 190 g/mol. The Morgan fingerprint density at radius 1 is 1.47 bits per heavy atom. The van der Waals surface area contributed by atoms with E-state index >= 15 is 0 Å². The molecular formula is C11H17N3O. The monoisotopic (exact) mass is 207 g/mol. The Morgan fingerprint density at radius 3 is 2.60 bits per heavy atom. The van der Waals surface area contributed by atoms with Crippen LogP contribution in [0.2, 0.25) is 0 Å². The summed E-state index contributed by atoms with van der Waals surface area (Å²) >= 11 is 0. The second kappa shape index (κ2) is 4.87. The summed E-state index contributed by atoms with van der Waals surface area (Å²) < 4.78 is 0. The van der Waals surface area contributed by atoms with Gasteiger partial charge in [0.05, 0.1) is 6.04 Å². The Morgan fingerprint density at radius 2 is 2.13 bits per heavy atom. The van der Waals surface area contributed by atoms with Gasteiger partial charge in [0.2, 0.25) is 5.95 Å². The highest BCUT2D eigenvalue weighted by Gasteiger charge is 2.18. The van der Waals surface area contributed by atoms with E-state index in [0.29, 0.717) is 5.95 Å². The predicted octanol–water partition coefficient (Wildman–Crippen LogP) is 1.81. The number of aryl methyl sites for hydroxylation is 1. The van der Waals surface area contributed by atoms with Gasteiger partial charge in [-0.2, -0.15) is 0 Å². The van der Waals surface area contributed by atoms with Crippen LogP contribution in [0.1, 0.15) is 26.5 Å². The first kappa shape index (κ1) is 11.6. The van der Waals surface area contributed by atoms with Crippen molar-refractivity contribution < 1.29 is 4.79 Å². The van der Waals surface area contributed by atoms with Crippen LogP contribution in [0.15, 0.2) is 12.3 Å². The van der Waals surface area contributed by atoms with Crippen molar-refractivity contribution in [2.24, 2.45) is 5.92 Å². The molecule has 0 aromatic carbocycles. The zero-order valence-electron chi connectivity index (χ0n) is 9.61. The van der Waals surface area contributed by atoms with E-state index in [4.69, 9.17) is 0 Å². The van der Waals surface area contributed by atoms with Crippen LogP contribution in [0, 0.1) is 12.8 Å². The fourth-order valence-corrected chi connectivity index (χ4v) is 1.40. The van der Waals surface area contributed by atoms with Gasteiger partial charge in [0.15, 0.2) is 5.78 Å². The predicted molar refractivity (Wildman–Crippen MR) is 59.7 cm³/mol. The molecule has 0 aliphatic carbocycles. The van der Waals surface area contributed by atoms with Crippen LogP contribution in [-0.4, -0.2) is 21.8 Å². The highest BCUT2D eigenvalue weighted by atomic mass is 16.1. The van der Waals surface area contributed by atoms with Gasteiger partial charge in [0, 0.05) is 11.9 Å². The van der Waals surface area contributed by atoms with Crippen molar-refractivity contribution in [2.45, 2.75) is 33.7 Å². The van der Waals surface area contributed by atoms with E-state index in [-0.39, 0.29) is 17.7 Å². The van der Waals surface area contributed by atoms with Crippen LogP contribution in [0.3, 0.4) is 0 Å². The summed E-state index contributed by atoms with van der Waals surface area (Å²) in [6.45, 7) is 7.46. The summed E-state index contributed by atoms with van der Waals surface area (Å²) in [5.74, 6) is 0.852. The van der Waals surface area contributed by atoms with Crippen molar-refractivity contribution in [3.63, 3.8) is 0 Å². The summed E-state index contributed by atoms with van der Waals surface area (Å²) in [5.41, 5.74) is 0.888. The number of nitrogens with one attached hydrogen (secondary N) is 1. The maximum absolute atomic E-state index is 11.4. The summed E-state index contributed by atoms with van der Waals surface area (Å²) in [6, 6.07) is 1.61. The number of aromatic nitrogens is 2. The van der Waals surface area contributed by atoms with Crippen molar-refractivity contribution in [2.75, 3.05) is 5.32 Å². The van der Waals surface area contributed by atoms with Crippen LogP contribution < -0.4 is 5.32 Å². The van der Waals surface area contributed by atoms with Gasteiger partial charge < -0.3 is 5.32 Å². The lowest BCUT2D eigenvalue weighted by Crippen LogP contribution is -2.33.